The molecule has 2 nitrogen and oxygen atoms in total. The number of halogens is 1. The summed E-state index contributed by atoms with van der Waals surface area (Å²) in [5.74, 6) is 0.741. The molecule has 3 heteroatoms. The maximum Gasteiger partial charge on any atom is 0.121 e. The van der Waals surface area contributed by atoms with Crippen LogP contribution in [0.5, 0.6) is 5.75 Å². The Hall–Kier alpha value is -1.51. The number of benzene rings is 2. The van der Waals surface area contributed by atoms with Gasteiger partial charge in [-0.3, -0.25) is 0 Å². The zero-order valence-electron chi connectivity index (χ0n) is 9.97. The molecule has 0 fully saturated rings. The van der Waals surface area contributed by atoms with E-state index in [9.17, 15) is 0 Å². The Balaban J connectivity index is 2.00. The van der Waals surface area contributed by atoms with Gasteiger partial charge in [0.15, 0.2) is 0 Å². The average Bonchev–Trinajstić information content (AvgIpc) is 2.41. The van der Waals surface area contributed by atoms with E-state index >= 15 is 0 Å². The van der Waals surface area contributed by atoms with E-state index in [1.807, 2.05) is 42.5 Å². The zero-order valence-corrected chi connectivity index (χ0v) is 10.7. The third kappa shape index (κ3) is 3.49. The molecule has 1 N–H and O–H groups in total. The van der Waals surface area contributed by atoms with Gasteiger partial charge in [-0.2, -0.15) is 0 Å². The number of rotatable bonds is 5. The molecular weight excluding hydrogens is 248 g/mol. The van der Waals surface area contributed by atoms with Crippen molar-refractivity contribution >= 4 is 11.6 Å². The van der Waals surface area contributed by atoms with E-state index < -0.39 is 0 Å². The van der Waals surface area contributed by atoms with Crippen molar-refractivity contribution in [3.8, 4) is 5.75 Å². The van der Waals surface area contributed by atoms with Crippen molar-refractivity contribution < 1.29 is 9.84 Å². The number of hydrogen-bond donors (Lipinski definition) is 1. The van der Waals surface area contributed by atoms with Crippen LogP contribution in [0.4, 0.5) is 0 Å². The number of aliphatic hydroxyl groups excluding tert-OH is 1. The summed E-state index contributed by atoms with van der Waals surface area (Å²) in [7, 11) is 0. The molecule has 94 valence electrons. The Morgan fingerprint density at radius 2 is 1.83 bits per heavy atom. The van der Waals surface area contributed by atoms with Crippen molar-refractivity contribution in [2.24, 2.45) is 0 Å². The van der Waals surface area contributed by atoms with E-state index in [0.29, 0.717) is 18.1 Å². The molecule has 0 heterocycles. The van der Waals surface area contributed by atoms with Crippen molar-refractivity contribution in [1.82, 2.24) is 0 Å². The van der Waals surface area contributed by atoms with Crippen molar-refractivity contribution in [1.29, 1.82) is 0 Å². The highest BCUT2D eigenvalue weighted by atomic mass is 35.5. The molecule has 0 radical (unpaired) electrons. The van der Waals surface area contributed by atoms with Gasteiger partial charge in [0.05, 0.1) is 0 Å². The fraction of sp³-hybridized carbons (Fsp3) is 0.200. The maximum absolute atomic E-state index is 8.88. The van der Waals surface area contributed by atoms with E-state index in [1.54, 1.807) is 6.07 Å². The highest BCUT2D eigenvalue weighted by Crippen LogP contribution is 2.23. The molecule has 0 aromatic heterocycles. The summed E-state index contributed by atoms with van der Waals surface area (Å²) in [5.41, 5.74) is 2.05. The third-order valence-electron chi connectivity index (χ3n) is 2.65. The Labute approximate surface area is 112 Å². The van der Waals surface area contributed by atoms with Gasteiger partial charge in [-0.05, 0) is 29.7 Å². The van der Waals surface area contributed by atoms with Gasteiger partial charge in [0.1, 0.15) is 12.4 Å². The first-order valence-electron chi connectivity index (χ1n) is 5.85. The second kappa shape index (κ2) is 6.43. The first-order chi connectivity index (χ1) is 8.79. The molecule has 0 aliphatic carbocycles. The summed E-state index contributed by atoms with van der Waals surface area (Å²) in [5, 5.41) is 9.51. The van der Waals surface area contributed by atoms with Crippen LogP contribution >= 0.6 is 11.6 Å². The molecule has 0 unspecified atom stereocenters. The van der Waals surface area contributed by atoms with Crippen molar-refractivity contribution in [2.45, 2.75) is 13.0 Å². The summed E-state index contributed by atoms with van der Waals surface area (Å²) >= 11 is 6.10. The van der Waals surface area contributed by atoms with Crippen LogP contribution < -0.4 is 4.74 Å². The summed E-state index contributed by atoms with van der Waals surface area (Å²) in [6.07, 6.45) is 0.567. The molecule has 0 atom stereocenters. The zero-order chi connectivity index (χ0) is 12.8. The second-order valence-corrected chi connectivity index (χ2v) is 4.41. The van der Waals surface area contributed by atoms with E-state index in [-0.39, 0.29) is 6.61 Å². The minimum absolute atomic E-state index is 0.101. The lowest BCUT2D eigenvalue weighted by atomic mass is 10.1. The normalized spacial score (nSPS) is 10.3. The molecule has 0 bridgehead atoms. The summed E-state index contributed by atoms with van der Waals surface area (Å²) < 4.78 is 5.66. The van der Waals surface area contributed by atoms with Gasteiger partial charge in [-0.1, -0.05) is 48.0 Å². The molecule has 2 aromatic rings. The standard InChI is InChI=1S/C15H15ClO2/c16-15-10-14(7-6-13(15)8-9-17)18-11-12-4-2-1-3-5-12/h1-7,10,17H,8-9,11H2. The molecular formula is C15H15ClO2. The third-order valence-corrected chi connectivity index (χ3v) is 3.01. The fourth-order valence-corrected chi connectivity index (χ4v) is 1.95. The highest BCUT2D eigenvalue weighted by Gasteiger charge is 2.02. The SMILES string of the molecule is OCCc1ccc(OCc2ccccc2)cc1Cl. The molecule has 2 rings (SSSR count). The van der Waals surface area contributed by atoms with Gasteiger partial charge in [-0.25, -0.2) is 0 Å². The molecule has 0 aliphatic heterocycles. The minimum atomic E-state index is 0.101. The van der Waals surface area contributed by atoms with Crippen LogP contribution in [0, 0.1) is 0 Å². The lowest BCUT2D eigenvalue weighted by Crippen LogP contribution is -1.96. The van der Waals surface area contributed by atoms with E-state index in [4.69, 9.17) is 21.4 Å². The topological polar surface area (TPSA) is 29.5 Å². The second-order valence-electron chi connectivity index (χ2n) is 4.00. The van der Waals surface area contributed by atoms with Crippen LogP contribution in [0.25, 0.3) is 0 Å². The maximum atomic E-state index is 8.88. The smallest absolute Gasteiger partial charge is 0.121 e. The molecule has 0 saturated heterocycles. The lowest BCUT2D eigenvalue weighted by molar-refractivity contribution is 0.298. The van der Waals surface area contributed by atoms with Crippen LogP contribution in [-0.2, 0) is 13.0 Å². The average molecular weight is 263 g/mol. The number of hydrogen-bond acceptors (Lipinski definition) is 2. The minimum Gasteiger partial charge on any atom is -0.489 e. The summed E-state index contributed by atoms with van der Waals surface area (Å²) in [6, 6.07) is 15.5. The Kier molecular flexibility index (Phi) is 4.62. The van der Waals surface area contributed by atoms with Crippen LogP contribution in [0.3, 0.4) is 0 Å². The van der Waals surface area contributed by atoms with E-state index in [2.05, 4.69) is 0 Å². The van der Waals surface area contributed by atoms with E-state index in [0.717, 1.165) is 16.9 Å². The van der Waals surface area contributed by atoms with Crippen LogP contribution in [0.2, 0.25) is 5.02 Å². The van der Waals surface area contributed by atoms with Crippen LogP contribution in [0.1, 0.15) is 11.1 Å². The van der Waals surface area contributed by atoms with E-state index in [1.165, 1.54) is 0 Å². The Morgan fingerprint density at radius 3 is 2.50 bits per heavy atom. The lowest BCUT2D eigenvalue weighted by Gasteiger charge is -2.08. The first-order valence-corrected chi connectivity index (χ1v) is 6.23. The van der Waals surface area contributed by atoms with Gasteiger partial charge in [0.25, 0.3) is 0 Å². The largest absolute Gasteiger partial charge is 0.489 e. The van der Waals surface area contributed by atoms with Gasteiger partial charge < -0.3 is 9.84 Å². The first kappa shape index (κ1) is 12.9. The van der Waals surface area contributed by atoms with Crippen molar-refractivity contribution in [3.63, 3.8) is 0 Å². The molecule has 2 aromatic carbocycles. The van der Waals surface area contributed by atoms with Crippen LogP contribution in [-0.4, -0.2) is 11.7 Å². The van der Waals surface area contributed by atoms with Gasteiger partial charge in [0, 0.05) is 11.6 Å². The molecule has 18 heavy (non-hydrogen) atoms. The molecule has 0 saturated carbocycles. The quantitative estimate of drug-likeness (QED) is 0.894. The van der Waals surface area contributed by atoms with Crippen molar-refractivity contribution in [3.05, 3.63) is 64.7 Å². The molecule has 0 aliphatic rings. The summed E-state index contributed by atoms with van der Waals surface area (Å²) in [4.78, 5) is 0. The Bertz CT molecular complexity index is 497. The number of aliphatic hydroxyl groups is 1. The predicted molar refractivity (Wildman–Crippen MR) is 73.0 cm³/mol. The van der Waals surface area contributed by atoms with Gasteiger partial charge in [-0.15, -0.1) is 0 Å². The number of ether oxygens (including phenoxy) is 1. The van der Waals surface area contributed by atoms with Crippen molar-refractivity contribution in [2.75, 3.05) is 6.61 Å². The fourth-order valence-electron chi connectivity index (χ4n) is 1.68. The summed E-state index contributed by atoms with van der Waals surface area (Å²) in [6.45, 7) is 0.625. The molecule has 0 amide bonds. The van der Waals surface area contributed by atoms with Gasteiger partial charge >= 0.3 is 0 Å². The molecule has 0 spiro atoms. The predicted octanol–water partition coefficient (Wildman–Crippen LogP) is 3.45. The highest BCUT2D eigenvalue weighted by molar-refractivity contribution is 6.31. The van der Waals surface area contributed by atoms with Crippen LogP contribution in [0.15, 0.2) is 48.5 Å². The Morgan fingerprint density at radius 1 is 1.06 bits per heavy atom. The van der Waals surface area contributed by atoms with Gasteiger partial charge in [0.2, 0.25) is 0 Å². The monoisotopic (exact) mass is 262 g/mol.